The molecule has 0 aliphatic carbocycles. The third-order valence-electron chi connectivity index (χ3n) is 6.13. The maximum atomic E-state index is 13.8. The lowest BCUT2D eigenvalue weighted by atomic mass is 9.97. The smallest absolute Gasteiger partial charge is 0.296 e. The maximum absolute atomic E-state index is 13.8. The van der Waals surface area contributed by atoms with Gasteiger partial charge in [-0.2, -0.15) is 0 Å². The third-order valence-corrected chi connectivity index (χ3v) is 6.13. The lowest BCUT2D eigenvalue weighted by Gasteiger charge is -2.22. The molecule has 7 nitrogen and oxygen atoms in total. The number of nitrogens with zero attached hydrogens (tertiary/aromatic N) is 2. The number of aryl methyl sites for hydroxylation is 1. The zero-order valence-electron chi connectivity index (χ0n) is 18.6. The molecule has 0 N–H and O–H groups in total. The number of aromatic nitrogens is 1. The van der Waals surface area contributed by atoms with Gasteiger partial charge in [-0.3, -0.25) is 14.5 Å². The number of ether oxygens (including phenoxy) is 1. The van der Waals surface area contributed by atoms with Crippen molar-refractivity contribution in [3.8, 4) is 5.75 Å². The SMILES string of the molecule is CCOc1ccc([C@H]2c3c(oc4c(ccc5ccccc54)c3=O)C(=O)N2c2cc(C)on2)cc1. The van der Waals surface area contributed by atoms with E-state index in [9.17, 15) is 9.59 Å². The summed E-state index contributed by atoms with van der Waals surface area (Å²) in [6.07, 6.45) is 0. The van der Waals surface area contributed by atoms with Crippen LogP contribution in [0.2, 0.25) is 0 Å². The summed E-state index contributed by atoms with van der Waals surface area (Å²) in [5.74, 6) is 1.17. The molecule has 0 saturated heterocycles. The zero-order valence-corrected chi connectivity index (χ0v) is 18.6. The van der Waals surface area contributed by atoms with Gasteiger partial charge in [-0.25, -0.2) is 0 Å². The van der Waals surface area contributed by atoms with E-state index in [1.807, 2.05) is 61.5 Å². The summed E-state index contributed by atoms with van der Waals surface area (Å²) in [6, 6.07) is 19.6. The summed E-state index contributed by atoms with van der Waals surface area (Å²) in [5, 5.41) is 6.20. The number of fused-ring (bicyclic) bond motifs is 4. The topological polar surface area (TPSA) is 85.8 Å². The van der Waals surface area contributed by atoms with Crippen molar-refractivity contribution in [2.75, 3.05) is 11.5 Å². The Morgan fingerprint density at radius 1 is 1.00 bits per heavy atom. The van der Waals surface area contributed by atoms with Crippen LogP contribution < -0.4 is 15.1 Å². The van der Waals surface area contributed by atoms with Crippen LogP contribution in [-0.2, 0) is 0 Å². The molecule has 5 aromatic rings. The van der Waals surface area contributed by atoms with Crippen molar-refractivity contribution in [1.82, 2.24) is 5.16 Å². The number of amides is 1. The van der Waals surface area contributed by atoms with Crippen molar-refractivity contribution in [1.29, 1.82) is 0 Å². The molecule has 168 valence electrons. The Hall–Kier alpha value is -4.39. The second-order valence-corrected chi connectivity index (χ2v) is 8.21. The van der Waals surface area contributed by atoms with Gasteiger partial charge in [0.25, 0.3) is 5.91 Å². The second-order valence-electron chi connectivity index (χ2n) is 8.21. The molecule has 7 heteroatoms. The van der Waals surface area contributed by atoms with Crippen molar-refractivity contribution in [2.45, 2.75) is 19.9 Å². The fourth-order valence-electron chi connectivity index (χ4n) is 4.63. The molecule has 0 radical (unpaired) electrons. The number of anilines is 1. The van der Waals surface area contributed by atoms with E-state index in [2.05, 4.69) is 5.16 Å². The fraction of sp³-hybridized carbons (Fsp3) is 0.148. The van der Waals surface area contributed by atoms with E-state index in [1.165, 1.54) is 4.90 Å². The first kappa shape index (κ1) is 20.2. The summed E-state index contributed by atoms with van der Waals surface area (Å²) in [7, 11) is 0. The molecule has 1 aliphatic rings. The first-order valence-corrected chi connectivity index (χ1v) is 11.0. The lowest BCUT2D eigenvalue weighted by Crippen LogP contribution is -2.29. The molecule has 0 unspecified atom stereocenters. The van der Waals surface area contributed by atoms with Gasteiger partial charge in [0.2, 0.25) is 5.76 Å². The highest BCUT2D eigenvalue weighted by molar-refractivity contribution is 6.12. The van der Waals surface area contributed by atoms with Crippen LogP contribution in [0, 0.1) is 6.92 Å². The minimum Gasteiger partial charge on any atom is -0.494 e. The quantitative estimate of drug-likeness (QED) is 0.340. The zero-order chi connectivity index (χ0) is 23.4. The van der Waals surface area contributed by atoms with E-state index in [1.54, 1.807) is 19.1 Å². The van der Waals surface area contributed by atoms with Crippen molar-refractivity contribution < 1.29 is 18.5 Å². The molecule has 1 aliphatic heterocycles. The van der Waals surface area contributed by atoms with E-state index in [-0.39, 0.29) is 16.8 Å². The second kappa shape index (κ2) is 7.59. The first-order valence-electron chi connectivity index (χ1n) is 11.0. The molecule has 3 heterocycles. The highest BCUT2D eigenvalue weighted by Crippen LogP contribution is 2.42. The van der Waals surface area contributed by atoms with Gasteiger partial charge in [0.05, 0.1) is 23.6 Å². The van der Waals surface area contributed by atoms with Gasteiger partial charge in [-0.05, 0) is 43.0 Å². The van der Waals surface area contributed by atoms with E-state index in [4.69, 9.17) is 13.7 Å². The summed E-state index contributed by atoms with van der Waals surface area (Å²) in [6.45, 7) is 4.20. The van der Waals surface area contributed by atoms with Crippen LogP contribution in [0.15, 0.2) is 80.5 Å². The molecule has 0 saturated carbocycles. The molecule has 0 bridgehead atoms. The van der Waals surface area contributed by atoms with Gasteiger partial charge in [-0.15, -0.1) is 0 Å². The van der Waals surface area contributed by atoms with Crippen LogP contribution in [0.1, 0.15) is 40.4 Å². The summed E-state index contributed by atoms with van der Waals surface area (Å²) < 4.78 is 17.0. The summed E-state index contributed by atoms with van der Waals surface area (Å²) in [4.78, 5) is 29.0. The predicted molar refractivity (Wildman–Crippen MR) is 127 cm³/mol. The average Bonchev–Trinajstić information content (AvgIpc) is 3.40. The lowest BCUT2D eigenvalue weighted by molar-refractivity contribution is 0.0969. The maximum Gasteiger partial charge on any atom is 0.296 e. The molecular formula is C27H20N2O5. The Balaban J connectivity index is 1.63. The summed E-state index contributed by atoms with van der Waals surface area (Å²) in [5.41, 5.74) is 1.19. The Labute approximate surface area is 194 Å². The largest absolute Gasteiger partial charge is 0.494 e. The Morgan fingerprint density at radius 3 is 2.53 bits per heavy atom. The van der Waals surface area contributed by atoms with Crippen LogP contribution in [0.3, 0.4) is 0 Å². The van der Waals surface area contributed by atoms with Gasteiger partial charge in [0, 0.05) is 11.5 Å². The number of carbonyl (C=O) groups is 1. The number of rotatable bonds is 4. The molecule has 0 fully saturated rings. The van der Waals surface area contributed by atoms with E-state index in [0.29, 0.717) is 34.9 Å². The monoisotopic (exact) mass is 452 g/mol. The molecule has 34 heavy (non-hydrogen) atoms. The van der Waals surface area contributed by atoms with Gasteiger partial charge < -0.3 is 13.7 Å². The van der Waals surface area contributed by atoms with Crippen LogP contribution in [0.25, 0.3) is 21.7 Å². The van der Waals surface area contributed by atoms with Crippen molar-refractivity contribution in [2.24, 2.45) is 0 Å². The molecule has 0 spiro atoms. The van der Waals surface area contributed by atoms with Crippen molar-refractivity contribution >= 4 is 33.5 Å². The Morgan fingerprint density at radius 2 is 1.79 bits per heavy atom. The summed E-state index contributed by atoms with van der Waals surface area (Å²) >= 11 is 0. The van der Waals surface area contributed by atoms with Crippen LogP contribution in [-0.4, -0.2) is 17.7 Å². The number of benzene rings is 3. The van der Waals surface area contributed by atoms with Crippen molar-refractivity contribution in [3.05, 3.63) is 99.6 Å². The molecule has 1 amide bonds. The molecule has 2 aromatic heterocycles. The van der Waals surface area contributed by atoms with Gasteiger partial charge >= 0.3 is 0 Å². The Bertz CT molecular complexity index is 1630. The average molecular weight is 452 g/mol. The number of hydrogen-bond donors (Lipinski definition) is 0. The van der Waals surface area contributed by atoms with Gasteiger partial charge in [-0.1, -0.05) is 47.6 Å². The highest BCUT2D eigenvalue weighted by Gasteiger charge is 2.45. The Kier molecular flexibility index (Phi) is 4.52. The van der Waals surface area contributed by atoms with Crippen LogP contribution in [0.4, 0.5) is 5.82 Å². The molecular weight excluding hydrogens is 432 g/mol. The molecule has 3 aromatic carbocycles. The first-order chi connectivity index (χ1) is 16.6. The third kappa shape index (κ3) is 2.94. The minimum absolute atomic E-state index is 0.0217. The van der Waals surface area contributed by atoms with E-state index < -0.39 is 11.9 Å². The van der Waals surface area contributed by atoms with Gasteiger partial charge in [0.15, 0.2) is 11.2 Å². The standard InChI is InChI=1S/C27H20N2O5/c1-3-32-18-11-8-17(9-12-18)23-22-24(30)20-13-10-16-6-4-5-7-19(16)25(20)33-26(22)27(31)29(23)21-14-15(2)34-28-21/h4-14,23H,3H2,1-2H3/t23-/m0/s1. The minimum atomic E-state index is -0.713. The number of hydrogen-bond acceptors (Lipinski definition) is 6. The molecule has 1 atom stereocenters. The van der Waals surface area contributed by atoms with E-state index in [0.717, 1.165) is 16.3 Å². The van der Waals surface area contributed by atoms with E-state index >= 15 is 0 Å². The fourth-order valence-corrected chi connectivity index (χ4v) is 4.63. The molecule has 6 rings (SSSR count). The van der Waals surface area contributed by atoms with Crippen LogP contribution in [0.5, 0.6) is 5.75 Å². The predicted octanol–water partition coefficient (Wildman–Crippen LogP) is 5.39. The highest BCUT2D eigenvalue weighted by atomic mass is 16.5. The van der Waals surface area contributed by atoms with Crippen molar-refractivity contribution in [3.63, 3.8) is 0 Å². The number of carbonyl (C=O) groups excluding carboxylic acids is 1. The van der Waals surface area contributed by atoms with Gasteiger partial charge in [0.1, 0.15) is 17.1 Å². The normalized spacial score (nSPS) is 15.3. The van der Waals surface area contributed by atoms with Crippen LogP contribution >= 0.6 is 0 Å².